The van der Waals surface area contributed by atoms with Gasteiger partial charge in [0.2, 0.25) is 5.91 Å². The third-order valence-corrected chi connectivity index (χ3v) is 5.56. The van der Waals surface area contributed by atoms with E-state index >= 15 is 0 Å². The first-order valence-electron chi connectivity index (χ1n) is 10.00. The van der Waals surface area contributed by atoms with Crippen LogP contribution >= 0.6 is 0 Å². The van der Waals surface area contributed by atoms with Crippen molar-refractivity contribution in [1.82, 2.24) is 29.7 Å². The first kappa shape index (κ1) is 18.5. The standard InChI is InChI=1S/C22H23N7O/c1-14-2-5-17-19(8-14)27-20(26-17)11-28-6-7-29(21(30)12-28)10-15-3-4-16-18(9-15)24-13-25-22(16)23/h2-5,8-9,13H,6-7,10-12H2,1H3,(H,26,27)(H2,23,24,25). The third kappa shape index (κ3) is 3.57. The van der Waals surface area contributed by atoms with Gasteiger partial charge in [-0.1, -0.05) is 12.1 Å². The molecule has 1 fully saturated rings. The van der Waals surface area contributed by atoms with Crippen LogP contribution in [0.4, 0.5) is 5.82 Å². The van der Waals surface area contributed by atoms with Crippen molar-refractivity contribution in [2.45, 2.75) is 20.0 Å². The van der Waals surface area contributed by atoms with Crippen molar-refractivity contribution in [2.75, 3.05) is 25.4 Å². The number of aromatic nitrogens is 4. The number of fused-ring (bicyclic) bond motifs is 2. The Hall–Kier alpha value is -3.52. The topological polar surface area (TPSA) is 104 Å². The maximum absolute atomic E-state index is 12.7. The van der Waals surface area contributed by atoms with Crippen LogP contribution in [0.15, 0.2) is 42.7 Å². The summed E-state index contributed by atoms with van der Waals surface area (Å²) < 4.78 is 0. The Morgan fingerprint density at radius 2 is 1.97 bits per heavy atom. The van der Waals surface area contributed by atoms with Gasteiger partial charge in [0.05, 0.1) is 29.6 Å². The van der Waals surface area contributed by atoms with Crippen LogP contribution in [0.3, 0.4) is 0 Å². The van der Waals surface area contributed by atoms with Gasteiger partial charge < -0.3 is 15.6 Å². The summed E-state index contributed by atoms with van der Waals surface area (Å²) >= 11 is 0. The Balaban J connectivity index is 1.24. The molecule has 30 heavy (non-hydrogen) atoms. The van der Waals surface area contributed by atoms with Crippen LogP contribution < -0.4 is 5.73 Å². The number of aromatic amines is 1. The fraction of sp³-hybridized carbons (Fsp3) is 0.273. The fourth-order valence-corrected chi connectivity index (χ4v) is 3.96. The quantitative estimate of drug-likeness (QED) is 0.544. The SMILES string of the molecule is Cc1ccc2nc(CN3CCN(Cc4ccc5c(N)ncnc5c4)C(=O)C3)[nH]c2c1. The van der Waals surface area contributed by atoms with Crippen LogP contribution in [0.1, 0.15) is 17.0 Å². The lowest BCUT2D eigenvalue weighted by molar-refractivity contribution is -0.136. The second kappa shape index (κ2) is 7.38. The van der Waals surface area contributed by atoms with E-state index in [-0.39, 0.29) is 5.91 Å². The molecule has 8 nitrogen and oxygen atoms in total. The van der Waals surface area contributed by atoms with Crippen LogP contribution in [-0.2, 0) is 17.9 Å². The summed E-state index contributed by atoms with van der Waals surface area (Å²) in [7, 11) is 0. The lowest BCUT2D eigenvalue weighted by Crippen LogP contribution is -2.49. The number of imidazole rings is 1. The lowest BCUT2D eigenvalue weighted by Gasteiger charge is -2.34. The largest absolute Gasteiger partial charge is 0.383 e. The van der Waals surface area contributed by atoms with Crippen molar-refractivity contribution in [3.63, 3.8) is 0 Å². The van der Waals surface area contributed by atoms with E-state index in [1.165, 1.54) is 11.9 Å². The number of aryl methyl sites for hydroxylation is 1. The zero-order chi connectivity index (χ0) is 20.7. The van der Waals surface area contributed by atoms with Crippen molar-refractivity contribution in [3.8, 4) is 0 Å². The first-order valence-corrected chi connectivity index (χ1v) is 10.00. The molecule has 152 valence electrons. The number of piperazine rings is 1. The molecule has 0 radical (unpaired) electrons. The van der Waals surface area contributed by atoms with E-state index < -0.39 is 0 Å². The maximum Gasteiger partial charge on any atom is 0.237 e. The molecule has 3 N–H and O–H groups in total. The van der Waals surface area contributed by atoms with Gasteiger partial charge in [-0.05, 0) is 42.3 Å². The Bertz CT molecular complexity index is 1250. The van der Waals surface area contributed by atoms with Crippen molar-refractivity contribution in [1.29, 1.82) is 0 Å². The number of amides is 1. The van der Waals surface area contributed by atoms with Gasteiger partial charge in [-0.25, -0.2) is 15.0 Å². The van der Waals surface area contributed by atoms with Crippen molar-refractivity contribution < 1.29 is 4.79 Å². The molecule has 2 aromatic carbocycles. The molecule has 2 aromatic heterocycles. The zero-order valence-corrected chi connectivity index (χ0v) is 16.8. The van der Waals surface area contributed by atoms with E-state index in [1.807, 2.05) is 29.2 Å². The highest BCUT2D eigenvalue weighted by Gasteiger charge is 2.24. The van der Waals surface area contributed by atoms with Gasteiger partial charge in [0.25, 0.3) is 0 Å². The van der Waals surface area contributed by atoms with Gasteiger partial charge in [0, 0.05) is 25.0 Å². The van der Waals surface area contributed by atoms with E-state index in [9.17, 15) is 4.79 Å². The fourth-order valence-electron chi connectivity index (χ4n) is 3.96. The lowest BCUT2D eigenvalue weighted by atomic mass is 10.1. The predicted molar refractivity (Wildman–Crippen MR) is 115 cm³/mol. The maximum atomic E-state index is 12.7. The Morgan fingerprint density at radius 1 is 1.07 bits per heavy atom. The minimum Gasteiger partial charge on any atom is -0.383 e. The van der Waals surface area contributed by atoms with Gasteiger partial charge >= 0.3 is 0 Å². The number of carbonyl (C=O) groups excluding carboxylic acids is 1. The number of benzene rings is 2. The molecule has 0 saturated carbocycles. The van der Waals surface area contributed by atoms with E-state index in [0.717, 1.165) is 39.9 Å². The van der Waals surface area contributed by atoms with Crippen molar-refractivity contribution in [3.05, 3.63) is 59.7 Å². The first-order chi connectivity index (χ1) is 14.5. The van der Waals surface area contributed by atoms with Crippen LogP contribution in [0.5, 0.6) is 0 Å². The van der Waals surface area contributed by atoms with E-state index in [4.69, 9.17) is 5.73 Å². The molecule has 0 unspecified atom stereocenters. The van der Waals surface area contributed by atoms with E-state index in [2.05, 4.69) is 43.9 Å². The molecule has 1 aliphatic rings. The highest BCUT2D eigenvalue weighted by Crippen LogP contribution is 2.20. The molecule has 4 aromatic rings. The normalized spacial score (nSPS) is 15.4. The number of rotatable bonds is 4. The molecular weight excluding hydrogens is 378 g/mol. The van der Waals surface area contributed by atoms with Crippen molar-refractivity contribution >= 4 is 33.7 Å². The molecule has 0 atom stereocenters. The van der Waals surface area contributed by atoms with Crippen molar-refractivity contribution in [2.24, 2.45) is 0 Å². The van der Waals surface area contributed by atoms with Gasteiger partial charge in [0.1, 0.15) is 18.0 Å². The minimum atomic E-state index is 0.121. The van der Waals surface area contributed by atoms with E-state index in [0.29, 0.717) is 32.0 Å². The predicted octanol–water partition coefficient (Wildman–Crippen LogP) is 2.24. The second-order valence-corrected chi connectivity index (χ2v) is 7.84. The second-order valence-electron chi connectivity index (χ2n) is 7.84. The van der Waals surface area contributed by atoms with Crippen LogP contribution in [0, 0.1) is 6.92 Å². The van der Waals surface area contributed by atoms with Gasteiger partial charge in [-0.3, -0.25) is 9.69 Å². The summed E-state index contributed by atoms with van der Waals surface area (Å²) in [6.07, 6.45) is 1.46. The monoisotopic (exact) mass is 401 g/mol. The molecule has 1 saturated heterocycles. The smallest absolute Gasteiger partial charge is 0.237 e. The molecular formula is C22H23N7O. The molecule has 8 heteroatoms. The number of nitrogens with zero attached hydrogens (tertiary/aromatic N) is 5. The summed E-state index contributed by atoms with van der Waals surface area (Å²) in [5.41, 5.74) is 10.9. The van der Waals surface area contributed by atoms with Gasteiger partial charge in [-0.15, -0.1) is 0 Å². The summed E-state index contributed by atoms with van der Waals surface area (Å²) in [6, 6.07) is 12.1. The highest BCUT2D eigenvalue weighted by molar-refractivity contribution is 5.88. The zero-order valence-electron chi connectivity index (χ0n) is 16.8. The van der Waals surface area contributed by atoms with Crippen LogP contribution in [0.25, 0.3) is 21.9 Å². The highest BCUT2D eigenvalue weighted by atomic mass is 16.2. The summed E-state index contributed by atoms with van der Waals surface area (Å²) in [6.45, 7) is 5.15. The minimum absolute atomic E-state index is 0.121. The number of hydrogen-bond acceptors (Lipinski definition) is 6. The third-order valence-electron chi connectivity index (χ3n) is 5.56. The van der Waals surface area contributed by atoms with Gasteiger partial charge in [-0.2, -0.15) is 0 Å². The number of carbonyl (C=O) groups is 1. The molecule has 1 amide bonds. The number of anilines is 1. The molecule has 5 rings (SSSR count). The average molecular weight is 401 g/mol. The average Bonchev–Trinajstić information content (AvgIpc) is 3.11. The number of hydrogen-bond donors (Lipinski definition) is 2. The van der Waals surface area contributed by atoms with Crippen LogP contribution in [-0.4, -0.2) is 55.3 Å². The number of nitrogens with one attached hydrogen (secondary N) is 1. The summed E-state index contributed by atoms with van der Waals surface area (Å²) in [5, 5.41) is 0.832. The number of nitrogen functional groups attached to an aromatic ring is 1. The number of nitrogens with two attached hydrogens (primary N) is 1. The van der Waals surface area contributed by atoms with E-state index in [1.54, 1.807) is 0 Å². The van der Waals surface area contributed by atoms with Crippen LogP contribution in [0.2, 0.25) is 0 Å². The van der Waals surface area contributed by atoms with Gasteiger partial charge in [0.15, 0.2) is 0 Å². The summed E-state index contributed by atoms with van der Waals surface area (Å²) in [5.74, 6) is 1.48. The summed E-state index contributed by atoms with van der Waals surface area (Å²) in [4.78, 5) is 33.1. The molecule has 1 aliphatic heterocycles. The molecule has 0 bridgehead atoms. The number of H-pyrrole nitrogens is 1. The molecule has 3 heterocycles. The molecule has 0 aliphatic carbocycles. The molecule has 0 spiro atoms. The Labute approximate surface area is 173 Å². The Morgan fingerprint density at radius 3 is 2.83 bits per heavy atom. The Kier molecular flexibility index (Phi) is 4.55.